The number of aromatic nitrogens is 2. The van der Waals surface area contributed by atoms with Crippen LogP contribution in [0.25, 0.3) is 0 Å². The first-order valence-corrected chi connectivity index (χ1v) is 5.38. The quantitative estimate of drug-likeness (QED) is 0.551. The van der Waals surface area contributed by atoms with Gasteiger partial charge >= 0.3 is 0 Å². The van der Waals surface area contributed by atoms with E-state index >= 15 is 0 Å². The second-order valence-corrected chi connectivity index (χ2v) is 3.72. The van der Waals surface area contributed by atoms with Crippen LogP contribution in [0.15, 0.2) is 42.9 Å². The predicted molar refractivity (Wildman–Crippen MR) is 68.3 cm³/mol. The highest BCUT2D eigenvalue weighted by Gasteiger charge is 2.04. The number of nitrogen functional groups attached to an aromatic ring is 1. The number of nitrogens with zero attached hydrogens (tertiary/aromatic N) is 2. The molecule has 0 fully saturated rings. The summed E-state index contributed by atoms with van der Waals surface area (Å²) in [5.74, 6) is 5.95. The molecule has 4 N–H and O–H groups in total. The van der Waals surface area contributed by atoms with Crippen molar-refractivity contribution in [2.75, 3.05) is 10.7 Å². The lowest BCUT2D eigenvalue weighted by Crippen LogP contribution is -2.10. The Morgan fingerprint density at radius 2 is 1.94 bits per heavy atom. The Hall–Kier alpha value is -2.14. The average molecular weight is 229 g/mol. The standard InChI is InChI=1S/C12H15N5/c1-9(10-2-5-14-6-3-10)16-11-4-7-15-12(8-11)17-13/h2-9H,13H2,1H3,(H2,15,16,17). The van der Waals surface area contributed by atoms with Gasteiger partial charge in [-0.25, -0.2) is 10.8 Å². The van der Waals surface area contributed by atoms with Gasteiger partial charge in [-0.15, -0.1) is 0 Å². The van der Waals surface area contributed by atoms with Crippen molar-refractivity contribution in [2.24, 2.45) is 5.84 Å². The lowest BCUT2D eigenvalue weighted by molar-refractivity contribution is 0.880. The van der Waals surface area contributed by atoms with Gasteiger partial charge in [0.15, 0.2) is 0 Å². The maximum absolute atomic E-state index is 5.31. The van der Waals surface area contributed by atoms with Crippen LogP contribution in [0.5, 0.6) is 0 Å². The van der Waals surface area contributed by atoms with Crippen LogP contribution in [0.4, 0.5) is 11.5 Å². The van der Waals surface area contributed by atoms with Crippen LogP contribution in [0.2, 0.25) is 0 Å². The number of pyridine rings is 2. The monoisotopic (exact) mass is 229 g/mol. The summed E-state index contributed by atoms with van der Waals surface area (Å²) in [5.41, 5.74) is 4.67. The molecule has 0 spiro atoms. The number of anilines is 2. The molecule has 5 heteroatoms. The highest BCUT2D eigenvalue weighted by Crippen LogP contribution is 2.19. The summed E-state index contributed by atoms with van der Waals surface area (Å²) in [6.45, 7) is 2.09. The molecule has 0 aliphatic heterocycles. The van der Waals surface area contributed by atoms with Crippen LogP contribution in [0, 0.1) is 0 Å². The van der Waals surface area contributed by atoms with Crippen molar-refractivity contribution in [3.63, 3.8) is 0 Å². The molecule has 1 unspecified atom stereocenters. The van der Waals surface area contributed by atoms with Crippen LogP contribution < -0.4 is 16.6 Å². The van der Waals surface area contributed by atoms with Gasteiger partial charge < -0.3 is 10.7 Å². The molecule has 2 heterocycles. The molecule has 2 aromatic heterocycles. The number of hydrogen-bond donors (Lipinski definition) is 3. The number of rotatable bonds is 4. The number of nitrogens with one attached hydrogen (secondary N) is 2. The Bertz CT molecular complexity index is 471. The summed E-state index contributed by atoms with van der Waals surface area (Å²) in [6, 6.07) is 7.93. The van der Waals surface area contributed by atoms with Gasteiger partial charge in [0.05, 0.1) is 0 Å². The smallest absolute Gasteiger partial charge is 0.141 e. The molecule has 0 amide bonds. The lowest BCUT2D eigenvalue weighted by atomic mass is 10.1. The van der Waals surface area contributed by atoms with Crippen molar-refractivity contribution in [1.82, 2.24) is 9.97 Å². The van der Waals surface area contributed by atoms with Crippen LogP contribution in [0.3, 0.4) is 0 Å². The molecule has 0 bridgehead atoms. The average Bonchev–Trinajstić information content (AvgIpc) is 2.40. The van der Waals surface area contributed by atoms with E-state index in [1.165, 1.54) is 5.56 Å². The second kappa shape index (κ2) is 5.27. The fraction of sp³-hybridized carbons (Fsp3) is 0.167. The van der Waals surface area contributed by atoms with Crippen LogP contribution in [0.1, 0.15) is 18.5 Å². The fourth-order valence-electron chi connectivity index (χ4n) is 1.58. The van der Waals surface area contributed by atoms with E-state index in [1.807, 2.05) is 24.3 Å². The highest BCUT2D eigenvalue weighted by molar-refractivity contribution is 5.52. The van der Waals surface area contributed by atoms with E-state index in [-0.39, 0.29) is 6.04 Å². The zero-order valence-electron chi connectivity index (χ0n) is 9.59. The fourth-order valence-corrected chi connectivity index (χ4v) is 1.58. The normalized spacial score (nSPS) is 11.9. The highest BCUT2D eigenvalue weighted by atomic mass is 15.2. The number of hydrogen-bond acceptors (Lipinski definition) is 5. The third-order valence-corrected chi connectivity index (χ3v) is 2.50. The largest absolute Gasteiger partial charge is 0.378 e. The minimum absolute atomic E-state index is 0.200. The van der Waals surface area contributed by atoms with E-state index in [2.05, 4.69) is 27.6 Å². The minimum atomic E-state index is 0.200. The number of hydrazine groups is 1. The summed E-state index contributed by atoms with van der Waals surface area (Å²) >= 11 is 0. The Morgan fingerprint density at radius 1 is 1.18 bits per heavy atom. The summed E-state index contributed by atoms with van der Waals surface area (Å²) in [4.78, 5) is 8.05. The third-order valence-electron chi connectivity index (χ3n) is 2.50. The molecular weight excluding hydrogens is 214 g/mol. The Labute approximate surface area is 100 Å². The molecule has 2 rings (SSSR count). The van der Waals surface area contributed by atoms with E-state index in [1.54, 1.807) is 18.6 Å². The summed E-state index contributed by atoms with van der Waals surface area (Å²) in [7, 11) is 0. The van der Waals surface area contributed by atoms with Crippen molar-refractivity contribution >= 4 is 11.5 Å². The molecule has 0 aromatic carbocycles. The van der Waals surface area contributed by atoms with Gasteiger partial charge in [0, 0.05) is 36.4 Å². The Balaban J connectivity index is 2.10. The molecule has 0 radical (unpaired) electrons. The first-order chi connectivity index (χ1) is 8.29. The second-order valence-electron chi connectivity index (χ2n) is 3.72. The maximum Gasteiger partial charge on any atom is 0.141 e. The van der Waals surface area contributed by atoms with Gasteiger partial charge in [-0.1, -0.05) is 0 Å². The number of nitrogens with two attached hydrogens (primary N) is 1. The zero-order chi connectivity index (χ0) is 12.1. The van der Waals surface area contributed by atoms with Gasteiger partial charge in [0.1, 0.15) is 5.82 Å². The summed E-state index contributed by atoms with van der Waals surface area (Å²) in [5, 5.41) is 3.37. The Morgan fingerprint density at radius 3 is 2.65 bits per heavy atom. The van der Waals surface area contributed by atoms with E-state index in [0.717, 1.165) is 5.69 Å². The third kappa shape index (κ3) is 2.92. The minimum Gasteiger partial charge on any atom is -0.378 e. The molecule has 0 aliphatic rings. The zero-order valence-corrected chi connectivity index (χ0v) is 9.59. The molecule has 17 heavy (non-hydrogen) atoms. The molecule has 0 aliphatic carbocycles. The van der Waals surface area contributed by atoms with Crippen molar-refractivity contribution in [3.05, 3.63) is 48.4 Å². The van der Waals surface area contributed by atoms with Crippen molar-refractivity contribution in [1.29, 1.82) is 0 Å². The first kappa shape index (κ1) is 11.3. The summed E-state index contributed by atoms with van der Waals surface area (Å²) < 4.78 is 0. The van der Waals surface area contributed by atoms with E-state index in [4.69, 9.17) is 5.84 Å². The van der Waals surface area contributed by atoms with Crippen molar-refractivity contribution < 1.29 is 0 Å². The SMILES string of the molecule is CC(Nc1ccnc(NN)c1)c1ccncc1. The predicted octanol–water partition coefficient (Wildman–Crippen LogP) is 1.94. The molecule has 0 saturated heterocycles. The van der Waals surface area contributed by atoms with Gasteiger partial charge in [0.25, 0.3) is 0 Å². The molecule has 5 nitrogen and oxygen atoms in total. The van der Waals surface area contributed by atoms with Gasteiger partial charge in [-0.05, 0) is 30.7 Å². The first-order valence-electron chi connectivity index (χ1n) is 5.38. The van der Waals surface area contributed by atoms with E-state index in [0.29, 0.717) is 5.82 Å². The van der Waals surface area contributed by atoms with E-state index < -0.39 is 0 Å². The van der Waals surface area contributed by atoms with Gasteiger partial charge in [-0.3, -0.25) is 4.98 Å². The van der Waals surface area contributed by atoms with Crippen molar-refractivity contribution in [2.45, 2.75) is 13.0 Å². The van der Waals surface area contributed by atoms with Crippen LogP contribution in [-0.2, 0) is 0 Å². The van der Waals surface area contributed by atoms with E-state index in [9.17, 15) is 0 Å². The molecule has 0 saturated carbocycles. The molecule has 1 atom stereocenters. The Kier molecular flexibility index (Phi) is 3.52. The van der Waals surface area contributed by atoms with Crippen molar-refractivity contribution in [3.8, 4) is 0 Å². The maximum atomic E-state index is 5.31. The van der Waals surface area contributed by atoms with Gasteiger partial charge in [0.2, 0.25) is 0 Å². The molecular formula is C12H15N5. The molecule has 88 valence electrons. The summed E-state index contributed by atoms with van der Waals surface area (Å²) in [6.07, 6.45) is 5.27. The van der Waals surface area contributed by atoms with Crippen LogP contribution >= 0.6 is 0 Å². The molecule has 2 aromatic rings. The lowest BCUT2D eigenvalue weighted by Gasteiger charge is -2.15. The topological polar surface area (TPSA) is 75.9 Å². The van der Waals surface area contributed by atoms with Gasteiger partial charge in [-0.2, -0.15) is 0 Å². The van der Waals surface area contributed by atoms with Crippen LogP contribution in [-0.4, -0.2) is 9.97 Å².